The Labute approximate surface area is 234 Å². The number of nitrogens with zero attached hydrogens (tertiary/aromatic N) is 4. The molecule has 1 N–H and O–H groups in total. The number of nitrogens with one attached hydrogen (secondary N) is 1. The second-order valence-electron chi connectivity index (χ2n) is 8.95. The van der Waals surface area contributed by atoms with Gasteiger partial charge in [0, 0.05) is 34.8 Å². The zero-order valence-corrected chi connectivity index (χ0v) is 22.2. The minimum absolute atomic E-state index is 0.0780. The van der Waals surface area contributed by atoms with Crippen LogP contribution in [0.2, 0.25) is 0 Å². The molecule has 5 rings (SSSR count). The van der Waals surface area contributed by atoms with Crippen LogP contribution in [-0.2, 0) is 6.61 Å². The van der Waals surface area contributed by atoms with Gasteiger partial charge in [0.05, 0.1) is 11.1 Å². The van der Waals surface area contributed by atoms with Crippen molar-refractivity contribution in [1.82, 2.24) is 15.0 Å². The molecule has 5 aromatic rings. The van der Waals surface area contributed by atoms with Crippen LogP contribution >= 0.6 is 0 Å². The summed E-state index contributed by atoms with van der Waals surface area (Å²) in [6.07, 6.45) is 2.52. The lowest BCUT2D eigenvalue weighted by Crippen LogP contribution is -2.16. The predicted molar refractivity (Wildman–Crippen MR) is 151 cm³/mol. The van der Waals surface area contributed by atoms with Gasteiger partial charge in [-0.15, -0.1) is 0 Å². The molecule has 3 aromatic heterocycles. The molecule has 0 spiro atoms. The van der Waals surface area contributed by atoms with Gasteiger partial charge in [0.15, 0.2) is 5.76 Å². The molecule has 0 aliphatic rings. The summed E-state index contributed by atoms with van der Waals surface area (Å²) in [6.45, 7) is 4.27. The average Bonchev–Trinajstić information content (AvgIpc) is 3.59. The topological polar surface area (TPSA) is 134 Å². The summed E-state index contributed by atoms with van der Waals surface area (Å²) in [6, 6.07) is 24.7. The molecule has 0 aliphatic carbocycles. The summed E-state index contributed by atoms with van der Waals surface area (Å²) < 4.78 is 19.3. The molecule has 11 heteroatoms. The number of aromatic nitrogens is 2. The van der Waals surface area contributed by atoms with Crippen LogP contribution in [0.4, 0.5) is 5.69 Å². The lowest BCUT2D eigenvalue weighted by atomic mass is 10.2. The zero-order valence-electron chi connectivity index (χ0n) is 22.2. The van der Waals surface area contributed by atoms with Gasteiger partial charge in [-0.05, 0) is 74.5 Å². The number of benzene rings is 2. The number of hydrogen-bond donors (Lipinski definition) is 1. The van der Waals surface area contributed by atoms with Crippen LogP contribution in [0, 0.1) is 24.0 Å². The maximum absolute atomic E-state index is 12.5. The Kier molecular flexibility index (Phi) is 7.86. The molecule has 1 amide bonds. The van der Waals surface area contributed by atoms with E-state index in [-0.39, 0.29) is 23.9 Å². The molecule has 41 heavy (non-hydrogen) atoms. The molecular weight excluding hydrogens is 526 g/mol. The molecular formula is C30H25N5O6. The third-order valence-corrected chi connectivity index (χ3v) is 6.07. The highest BCUT2D eigenvalue weighted by Crippen LogP contribution is 2.24. The summed E-state index contributed by atoms with van der Waals surface area (Å²) in [5.74, 6) is 1.27. The fraction of sp³-hybridized carbons (Fsp3) is 0.100. The van der Waals surface area contributed by atoms with Crippen LogP contribution < -0.4 is 14.9 Å². The molecule has 0 bridgehead atoms. The Morgan fingerprint density at radius 2 is 1.78 bits per heavy atom. The van der Waals surface area contributed by atoms with Gasteiger partial charge in [0.1, 0.15) is 30.1 Å². The average molecular weight is 552 g/mol. The summed E-state index contributed by atoms with van der Waals surface area (Å²) in [5, 5.41) is 14.8. The smallest absolute Gasteiger partial charge is 0.307 e. The van der Waals surface area contributed by atoms with Crippen molar-refractivity contribution in [2.75, 3.05) is 0 Å². The maximum atomic E-state index is 12.5. The van der Waals surface area contributed by atoms with Crippen molar-refractivity contribution in [2.24, 2.45) is 5.10 Å². The first-order valence-corrected chi connectivity index (χ1v) is 12.5. The molecule has 206 valence electrons. The Hall–Kier alpha value is -5.71. The van der Waals surface area contributed by atoms with E-state index >= 15 is 0 Å². The van der Waals surface area contributed by atoms with E-state index in [1.165, 1.54) is 18.3 Å². The molecule has 11 nitrogen and oxygen atoms in total. The lowest BCUT2D eigenvalue weighted by molar-refractivity contribution is -0.385. The van der Waals surface area contributed by atoms with Gasteiger partial charge in [0.25, 0.3) is 5.69 Å². The third kappa shape index (κ3) is 6.48. The Bertz CT molecular complexity index is 1680. The standard InChI is InChI=1S/C30H25N5O6/c1-20-7-8-21(2)34(20)23-9-12-25(13-10-23)39-19-26-14-15-28(40-26)30(36)33-32-17-22-5-3-4-6-27(22)41-29-16-11-24(18-31-29)35(37)38/h3-18H,19H2,1-2H3,(H,33,36)/b32-17+. The molecule has 0 saturated heterocycles. The molecule has 2 aromatic carbocycles. The van der Waals surface area contributed by atoms with Gasteiger partial charge in [0.2, 0.25) is 5.88 Å². The number of ether oxygens (including phenoxy) is 2. The molecule has 0 aliphatic heterocycles. The minimum atomic E-state index is -0.541. The monoisotopic (exact) mass is 551 g/mol. The van der Waals surface area contributed by atoms with E-state index in [9.17, 15) is 14.9 Å². The van der Waals surface area contributed by atoms with Crippen molar-refractivity contribution in [3.8, 4) is 23.1 Å². The van der Waals surface area contributed by atoms with E-state index < -0.39 is 10.8 Å². The van der Waals surface area contributed by atoms with Crippen LogP contribution in [0.15, 0.2) is 101 Å². The molecule has 0 radical (unpaired) electrons. The lowest BCUT2D eigenvalue weighted by Gasteiger charge is -2.10. The molecule has 3 heterocycles. The summed E-state index contributed by atoms with van der Waals surface area (Å²) in [4.78, 5) is 26.7. The van der Waals surface area contributed by atoms with Gasteiger partial charge < -0.3 is 18.5 Å². The highest BCUT2D eigenvalue weighted by atomic mass is 16.6. The second kappa shape index (κ2) is 12.0. The molecule has 0 unspecified atom stereocenters. The number of pyridine rings is 1. The largest absolute Gasteiger partial charge is 0.486 e. The number of amides is 1. The Morgan fingerprint density at radius 3 is 2.49 bits per heavy atom. The van der Waals surface area contributed by atoms with E-state index in [1.807, 2.05) is 24.3 Å². The molecule has 0 fully saturated rings. The van der Waals surface area contributed by atoms with Crippen molar-refractivity contribution in [2.45, 2.75) is 20.5 Å². The summed E-state index contributed by atoms with van der Waals surface area (Å²) >= 11 is 0. The summed E-state index contributed by atoms with van der Waals surface area (Å²) in [5.41, 5.74) is 6.18. The number of rotatable bonds is 10. The highest BCUT2D eigenvalue weighted by Gasteiger charge is 2.12. The highest BCUT2D eigenvalue weighted by molar-refractivity contribution is 5.92. The van der Waals surface area contributed by atoms with Crippen molar-refractivity contribution in [3.63, 3.8) is 0 Å². The SMILES string of the molecule is Cc1ccc(C)n1-c1ccc(OCc2ccc(C(=O)N/N=C/c3ccccc3Oc3ccc([N+](=O)[O-])cn3)o2)cc1. The number of para-hydroxylation sites is 1. The van der Waals surface area contributed by atoms with Crippen molar-refractivity contribution < 1.29 is 23.6 Å². The second-order valence-corrected chi connectivity index (χ2v) is 8.95. The van der Waals surface area contributed by atoms with E-state index in [0.717, 1.165) is 23.3 Å². The van der Waals surface area contributed by atoms with Crippen molar-refractivity contribution >= 4 is 17.8 Å². The van der Waals surface area contributed by atoms with E-state index in [0.29, 0.717) is 22.8 Å². The molecule has 0 saturated carbocycles. The number of carbonyl (C=O) groups excluding carboxylic acids is 1. The molecule has 0 atom stereocenters. The predicted octanol–water partition coefficient (Wildman–Crippen LogP) is 6.13. The Morgan fingerprint density at radius 1 is 1.02 bits per heavy atom. The van der Waals surface area contributed by atoms with E-state index in [4.69, 9.17) is 13.9 Å². The first kappa shape index (κ1) is 26.9. The first-order chi connectivity index (χ1) is 19.9. The summed E-state index contributed by atoms with van der Waals surface area (Å²) in [7, 11) is 0. The number of hydrogen-bond acceptors (Lipinski definition) is 8. The normalized spacial score (nSPS) is 11.0. The zero-order chi connectivity index (χ0) is 28.8. The minimum Gasteiger partial charge on any atom is -0.486 e. The van der Waals surface area contributed by atoms with Crippen molar-refractivity contribution in [3.05, 3.63) is 130 Å². The van der Waals surface area contributed by atoms with Gasteiger partial charge >= 0.3 is 5.91 Å². The number of aryl methyl sites for hydroxylation is 2. The van der Waals surface area contributed by atoms with E-state index in [1.54, 1.807) is 36.4 Å². The first-order valence-electron chi connectivity index (χ1n) is 12.5. The number of furan rings is 1. The van der Waals surface area contributed by atoms with Crippen LogP contribution in [-0.4, -0.2) is 26.6 Å². The Balaban J connectivity index is 1.15. The van der Waals surface area contributed by atoms with E-state index in [2.05, 4.69) is 46.1 Å². The van der Waals surface area contributed by atoms with Gasteiger partial charge in [-0.3, -0.25) is 14.9 Å². The number of hydrazone groups is 1. The maximum Gasteiger partial charge on any atom is 0.307 e. The fourth-order valence-corrected chi connectivity index (χ4v) is 4.05. The van der Waals surface area contributed by atoms with Crippen LogP contribution in [0.3, 0.4) is 0 Å². The quantitative estimate of drug-likeness (QED) is 0.125. The van der Waals surface area contributed by atoms with Gasteiger partial charge in [-0.2, -0.15) is 5.10 Å². The van der Waals surface area contributed by atoms with Crippen LogP contribution in [0.5, 0.6) is 17.4 Å². The van der Waals surface area contributed by atoms with Gasteiger partial charge in [-0.1, -0.05) is 12.1 Å². The van der Waals surface area contributed by atoms with Crippen LogP contribution in [0.1, 0.15) is 33.3 Å². The van der Waals surface area contributed by atoms with Crippen LogP contribution in [0.25, 0.3) is 5.69 Å². The van der Waals surface area contributed by atoms with Gasteiger partial charge in [-0.25, -0.2) is 10.4 Å². The third-order valence-electron chi connectivity index (χ3n) is 6.07. The number of carbonyl (C=O) groups is 1. The van der Waals surface area contributed by atoms with Crippen molar-refractivity contribution in [1.29, 1.82) is 0 Å². The number of nitro groups is 1. The fourth-order valence-electron chi connectivity index (χ4n) is 4.05.